The lowest BCUT2D eigenvalue weighted by Gasteiger charge is -2.39. The number of methoxy groups -OCH3 is 1. The summed E-state index contributed by atoms with van der Waals surface area (Å²) in [6.07, 6.45) is 2.35. The summed E-state index contributed by atoms with van der Waals surface area (Å²) in [5.74, 6) is -0.787. The van der Waals surface area contributed by atoms with Gasteiger partial charge in [-0.15, -0.1) is 0 Å². The Kier molecular flexibility index (Phi) is 4.78. The van der Waals surface area contributed by atoms with Gasteiger partial charge in [-0.25, -0.2) is 0 Å². The Labute approximate surface area is 120 Å². The quantitative estimate of drug-likeness (QED) is 0.897. The third-order valence-corrected chi connectivity index (χ3v) is 4.02. The number of rotatable bonds is 5. The number of ether oxygens (including phenoxy) is 1. The van der Waals surface area contributed by atoms with Crippen molar-refractivity contribution in [1.29, 1.82) is 0 Å². The van der Waals surface area contributed by atoms with Gasteiger partial charge in [0.2, 0.25) is 0 Å². The summed E-state index contributed by atoms with van der Waals surface area (Å²) in [7, 11) is 1.78. The van der Waals surface area contributed by atoms with Crippen LogP contribution in [0.2, 0.25) is 0 Å². The van der Waals surface area contributed by atoms with Gasteiger partial charge in [0.25, 0.3) is 0 Å². The van der Waals surface area contributed by atoms with Crippen molar-refractivity contribution >= 4 is 5.97 Å². The first-order chi connectivity index (χ1) is 9.50. The number of likely N-dealkylation sites (tertiary alicyclic amines) is 1. The highest BCUT2D eigenvalue weighted by molar-refractivity contribution is 5.70. The van der Waals surface area contributed by atoms with Gasteiger partial charge >= 0.3 is 5.97 Å². The molecule has 0 spiro atoms. The summed E-state index contributed by atoms with van der Waals surface area (Å²) in [5.41, 5.74) is 2.03. The van der Waals surface area contributed by atoms with Crippen LogP contribution in [0.15, 0.2) is 24.3 Å². The highest BCUT2D eigenvalue weighted by Crippen LogP contribution is 2.25. The lowest BCUT2D eigenvalue weighted by Crippen LogP contribution is -2.46. The van der Waals surface area contributed by atoms with Crippen molar-refractivity contribution in [1.82, 2.24) is 4.90 Å². The molecule has 1 unspecified atom stereocenters. The molecule has 0 bridgehead atoms. The van der Waals surface area contributed by atoms with Crippen LogP contribution in [0.1, 0.15) is 30.9 Å². The van der Waals surface area contributed by atoms with Crippen molar-refractivity contribution in [2.24, 2.45) is 0 Å². The number of hydrogen-bond donors (Lipinski definition) is 1. The standard InChI is InChI=1S/C16H23NO3/c1-16(20-2)8-3-9-17(12-16)11-14-6-4-13(5-7-14)10-15(18)19/h4-7H,3,8-12H2,1-2H3,(H,18,19). The molecule has 1 atom stereocenters. The van der Waals surface area contributed by atoms with Gasteiger partial charge in [-0.1, -0.05) is 24.3 Å². The zero-order valence-electron chi connectivity index (χ0n) is 12.3. The van der Waals surface area contributed by atoms with Crippen molar-refractivity contribution in [2.75, 3.05) is 20.2 Å². The summed E-state index contributed by atoms with van der Waals surface area (Å²) in [4.78, 5) is 13.1. The minimum Gasteiger partial charge on any atom is -0.481 e. The van der Waals surface area contributed by atoms with Crippen molar-refractivity contribution in [3.8, 4) is 0 Å². The molecule has 1 aromatic carbocycles. The molecule has 0 amide bonds. The topological polar surface area (TPSA) is 49.8 Å². The van der Waals surface area contributed by atoms with Gasteiger partial charge in [0.1, 0.15) is 0 Å². The Morgan fingerprint density at radius 3 is 2.60 bits per heavy atom. The normalized spacial score (nSPS) is 23.7. The Morgan fingerprint density at radius 1 is 1.35 bits per heavy atom. The van der Waals surface area contributed by atoms with Crippen LogP contribution in [0.5, 0.6) is 0 Å². The molecule has 1 saturated heterocycles. The van der Waals surface area contributed by atoms with E-state index in [-0.39, 0.29) is 12.0 Å². The fourth-order valence-electron chi connectivity index (χ4n) is 2.80. The van der Waals surface area contributed by atoms with E-state index < -0.39 is 5.97 Å². The highest BCUT2D eigenvalue weighted by atomic mass is 16.5. The molecule has 0 aromatic heterocycles. The summed E-state index contributed by atoms with van der Waals surface area (Å²) in [6, 6.07) is 7.86. The second kappa shape index (κ2) is 6.37. The van der Waals surface area contributed by atoms with Crippen molar-refractivity contribution < 1.29 is 14.6 Å². The third kappa shape index (κ3) is 4.05. The molecule has 1 fully saturated rings. The summed E-state index contributed by atoms with van der Waals surface area (Å²) in [6.45, 7) is 5.09. The van der Waals surface area contributed by atoms with Gasteiger partial charge in [-0.3, -0.25) is 9.69 Å². The molecule has 0 radical (unpaired) electrons. The highest BCUT2D eigenvalue weighted by Gasteiger charge is 2.30. The first-order valence-corrected chi connectivity index (χ1v) is 7.08. The number of benzene rings is 1. The van der Waals surface area contributed by atoms with E-state index in [1.807, 2.05) is 24.3 Å². The lowest BCUT2D eigenvalue weighted by atomic mass is 9.94. The molecule has 20 heavy (non-hydrogen) atoms. The van der Waals surface area contributed by atoms with Gasteiger partial charge in [0.05, 0.1) is 12.0 Å². The van der Waals surface area contributed by atoms with E-state index in [0.717, 1.165) is 38.0 Å². The largest absolute Gasteiger partial charge is 0.481 e. The molecule has 4 nitrogen and oxygen atoms in total. The SMILES string of the molecule is COC1(C)CCCN(Cc2ccc(CC(=O)O)cc2)C1. The number of hydrogen-bond acceptors (Lipinski definition) is 3. The second-order valence-electron chi connectivity index (χ2n) is 5.86. The average Bonchev–Trinajstić information content (AvgIpc) is 2.41. The predicted molar refractivity (Wildman–Crippen MR) is 77.7 cm³/mol. The zero-order valence-corrected chi connectivity index (χ0v) is 12.3. The first kappa shape index (κ1) is 15.0. The predicted octanol–water partition coefficient (Wildman–Crippen LogP) is 2.31. The fraction of sp³-hybridized carbons (Fsp3) is 0.562. The summed E-state index contributed by atoms with van der Waals surface area (Å²) >= 11 is 0. The van der Waals surface area contributed by atoms with Crippen molar-refractivity contribution in [3.05, 3.63) is 35.4 Å². The van der Waals surface area contributed by atoms with E-state index in [9.17, 15) is 4.79 Å². The molecule has 1 heterocycles. The van der Waals surface area contributed by atoms with Crippen LogP contribution in [0.3, 0.4) is 0 Å². The van der Waals surface area contributed by atoms with Crippen LogP contribution in [0.25, 0.3) is 0 Å². The molecule has 110 valence electrons. The maximum absolute atomic E-state index is 10.7. The van der Waals surface area contributed by atoms with E-state index in [1.165, 1.54) is 5.56 Å². The minimum absolute atomic E-state index is 0.0402. The Bertz CT molecular complexity index is 457. The number of carbonyl (C=O) groups is 1. The molecule has 1 N–H and O–H groups in total. The molecule has 0 saturated carbocycles. The van der Waals surface area contributed by atoms with Gasteiger partial charge < -0.3 is 9.84 Å². The molecule has 2 rings (SSSR count). The van der Waals surface area contributed by atoms with E-state index in [1.54, 1.807) is 7.11 Å². The van der Waals surface area contributed by atoms with Gasteiger partial charge in [0.15, 0.2) is 0 Å². The Balaban J connectivity index is 1.94. The number of aliphatic carboxylic acids is 1. The number of piperidine rings is 1. The summed E-state index contributed by atoms with van der Waals surface area (Å²) in [5, 5.41) is 8.76. The molecule has 4 heteroatoms. The number of carboxylic acid groups (broad SMARTS) is 1. The van der Waals surface area contributed by atoms with E-state index in [0.29, 0.717) is 0 Å². The number of carboxylic acids is 1. The first-order valence-electron chi connectivity index (χ1n) is 7.08. The summed E-state index contributed by atoms with van der Waals surface area (Å²) < 4.78 is 5.60. The van der Waals surface area contributed by atoms with E-state index in [4.69, 9.17) is 9.84 Å². The van der Waals surface area contributed by atoms with Crippen LogP contribution in [0, 0.1) is 0 Å². The van der Waals surface area contributed by atoms with Gasteiger partial charge in [-0.2, -0.15) is 0 Å². The monoisotopic (exact) mass is 277 g/mol. The molecular weight excluding hydrogens is 254 g/mol. The van der Waals surface area contributed by atoms with Crippen LogP contribution in [0.4, 0.5) is 0 Å². The van der Waals surface area contributed by atoms with Crippen LogP contribution in [-0.2, 0) is 22.5 Å². The van der Waals surface area contributed by atoms with Crippen LogP contribution < -0.4 is 0 Å². The van der Waals surface area contributed by atoms with Crippen molar-refractivity contribution in [3.63, 3.8) is 0 Å². The molecule has 0 aliphatic carbocycles. The van der Waals surface area contributed by atoms with Crippen molar-refractivity contribution in [2.45, 2.75) is 38.3 Å². The Morgan fingerprint density at radius 2 is 2.00 bits per heavy atom. The average molecular weight is 277 g/mol. The van der Waals surface area contributed by atoms with E-state index >= 15 is 0 Å². The fourth-order valence-corrected chi connectivity index (χ4v) is 2.80. The zero-order chi connectivity index (χ0) is 14.6. The second-order valence-corrected chi connectivity index (χ2v) is 5.86. The van der Waals surface area contributed by atoms with Gasteiger partial charge in [0, 0.05) is 20.2 Å². The number of nitrogens with zero attached hydrogens (tertiary/aromatic N) is 1. The molecule has 1 aliphatic heterocycles. The van der Waals surface area contributed by atoms with E-state index in [2.05, 4.69) is 11.8 Å². The smallest absolute Gasteiger partial charge is 0.307 e. The van der Waals surface area contributed by atoms with Crippen LogP contribution in [-0.4, -0.2) is 41.8 Å². The minimum atomic E-state index is -0.787. The molecule has 1 aromatic rings. The van der Waals surface area contributed by atoms with Gasteiger partial charge in [-0.05, 0) is 37.4 Å². The lowest BCUT2D eigenvalue weighted by molar-refractivity contribution is -0.136. The molecular formula is C16H23NO3. The third-order valence-electron chi connectivity index (χ3n) is 4.02. The molecule has 1 aliphatic rings. The Hall–Kier alpha value is -1.39. The van der Waals surface area contributed by atoms with Crippen LogP contribution >= 0.6 is 0 Å². The maximum atomic E-state index is 10.7. The maximum Gasteiger partial charge on any atom is 0.307 e.